The van der Waals surface area contributed by atoms with Gasteiger partial charge in [0.15, 0.2) is 0 Å². The van der Waals surface area contributed by atoms with E-state index in [0.29, 0.717) is 11.8 Å². The number of fused-ring (bicyclic) bond motifs is 2. The van der Waals surface area contributed by atoms with Gasteiger partial charge in [-0.05, 0) is 31.1 Å². The van der Waals surface area contributed by atoms with Crippen LogP contribution in [0.15, 0.2) is 0 Å². The first-order valence-electron chi connectivity index (χ1n) is 4.63. The van der Waals surface area contributed by atoms with Crippen LogP contribution in [0.1, 0.15) is 33.1 Å². The lowest BCUT2D eigenvalue weighted by atomic mass is 9.81. The van der Waals surface area contributed by atoms with E-state index in [2.05, 4.69) is 13.8 Å². The van der Waals surface area contributed by atoms with Gasteiger partial charge in [0.25, 0.3) is 0 Å². The molecule has 0 aromatic rings. The van der Waals surface area contributed by atoms with Gasteiger partial charge in [-0.25, -0.2) is 0 Å². The summed E-state index contributed by atoms with van der Waals surface area (Å²) in [5, 5.41) is 0. The second-order valence-electron chi connectivity index (χ2n) is 3.99. The number of hydrogen-bond donors (Lipinski definition) is 0. The molecule has 0 aromatic heterocycles. The molecule has 2 aliphatic rings. The highest BCUT2D eigenvalue weighted by atomic mass is 16.5. The maximum absolute atomic E-state index is 5.85. The summed E-state index contributed by atoms with van der Waals surface area (Å²) in [6.07, 6.45) is 3.62. The molecule has 0 spiro atoms. The van der Waals surface area contributed by atoms with Crippen molar-refractivity contribution in [3.05, 3.63) is 0 Å². The van der Waals surface area contributed by atoms with Gasteiger partial charge in [0.1, 0.15) is 7.85 Å². The Balaban J connectivity index is 2.24. The van der Waals surface area contributed by atoms with E-state index in [4.69, 9.17) is 12.6 Å². The molecule has 2 unspecified atom stereocenters. The van der Waals surface area contributed by atoms with Gasteiger partial charge in [0.05, 0.1) is 5.60 Å². The second-order valence-corrected chi connectivity index (χ2v) is 3.99. The summed E-state index contributed by atoms with van der Waals surface area (Å²) in [5.41, 5.74) is 0.157. The van der Waals surface area contributed by atoms with Gasteiger partial charge in [0.2, 0.25) is 0 Å². The average Bonchev–Trinajstić information content (AvgIpc) is 2.42. The van der Waals surface area contributed by atoms with Crippen LogP contribution in [0.3, 0.4) is 0 Å². The maximum Gasteiger partial charge on any atom is 0.109 e. The predicted molar refractivity (Wildman–Crippen MR) is 45.5 cm³/mol. The molecule has 11 heavy (non-hydrogen) atoms. The summed E-state index contributed by atoms with van der Waals surface area (Å²) in [5.74, 6) is 1.32. The summed E-state index contributed by atoms with van der Waals surface area (Å²) in [7, 11) is 5.85. The fraction of sp³-hybridized carbons (Fsp3) is 1.00. The Bertz CT molecular complexity index is 171. The third kappa shape index (κ3) is 0.822. The van der Waals surface area contributed by atoms with E-state index in [1.807, 2.05) is 0 Å². The molecule has 1 saturated heterocycles. The lowest BCUT2D eigenvalue weighted by Crippen LogP contribution is -2.32. The second kappa shape index (κ2) is 2.26. The van der Waals surface area contributed by atoms with Crippen molar-refractivity contribution in [2.45, 2.75) is 44.7 Å². The molecule has 2 fully saturated rings. The first-order valence-corrected chi connectivity index (χ1v) is 4.63. The minimum absolute atomic E-state index is 0.0266. The monoisotopic (exact) mass is 150 g/mol. The van der Waals surface area contributed by atoms with Gasteiger partial charge < -0.3 is 4.74 Å². The van der Waals surface area contributed by atoms with Crippen LogP contribution >= 0.6 is 0 Å². The Morgan fingerprint density at radius 1 is 1.64 bits per heavy atom. The third-order valence-corrected chi connectivity index (χ3v) is 3.76. The van der Waals surface area contributed by atoms with E-state index < -0.39 is 0 Å². The Morgan fingerprint density at radius 3 is 2.64 bits per heavy atom. The predicted octanol–water partition coefficient (Wildman–Crippen LogP) is 1.71. The van der Waals surface area contributed by atoms with Gasteiger partial charge in [-0.1, -0.05) is 13.8 Å². The van der Waals surface area contributed by atoms with Gasteiger partial charge in [-0.3, -0.25) is 0 Å². The van der Waals surface area contributed by atoms with Crippen molar-refractivity contribution in [3.8, 4) is 0 Å². The van der Waals surface area contributed by atoms with E-state index in [1.165, 1.54) is 12.8 Å². The molecular weight excluding hydrogens is 135 g/mol. The summed E-state index contributed by atoms with van der Waals surface area (Å²) in [6, 6.07) is 0.0266. The normalized spacial score (nSPS) is 55.3. The van der Waals surface area contributed by atoms with Crippen molar-refractivity contribution in [1.82, 2.24) is 0 Å². The van der Waals surface area contributed by atoms with E-state index >= 15 is 0 Å². The highest BCUT2D eigenvalue weighted by Gasteiger charge is 2.54. The molecule has 1 aliphatic carbocycles. The highest BCUT2D eigenvalue weighted by Crippen LogP contribution is 2.53. The topological polar surface area (TPSA) is 9.23 Å². The number of hydrogen-bond acceptors (Lipinski definition) is 1. The first-order chi connectivity index (χ1) is 5.19. The Hall–Kier alpha value is 0.0249. The van der Waals surface area contributed by atoms with Crippen LogP contribution < -0.4 is 0 Å². The van der Waals surface area contributed by atoms with Crippen molar-refractivity contribution in [2.24, 2.45) is 11.8 Å². The van der Waals surface area contributed by atoms with E-state index in [-0.39, 0.29) is 11.6 Å². The molecule has 4 atom stereocenters. The van der Waals surface area contributed by atoms with Gasteiger partial charge in [-0.15, -0.1) is 0 Å². The van der Waals surface area contributed by atoms with Gasteiger partial charge in [-0.2, -0.15) is 0 Å². The summed E-state index contributed by atoms with van der Waals surface area (Å²) in [4.78, 5) is 0. The zero-order valence-electron chi connectivity index (χ0n) is 7.34. The molecule has 1 heterocycles. The highest BCUT2D eigenvalue weighted by molar-refractivity contribution is 6.11. The summed E-state index contributed by atoms with van der Waals surface area (Å²) in [6.45, 7) is 4.49. The van der Waals surface area contributed by atoms with Crippen molar-refractivity contribution in [1.29, 1.82) is 0 Å². The van der Waals surface area contributed by atoms with Gasteiger partial charge in [0, 0.05) is 6.00 Å². The van der Waals surface area contributed by atoms with E-state index in [1.54, 1.807) is 0 Å². The molecule has 2 heteroatoms. The lowest BCUT2D eigenvalue weighted by molar-refractivity contribution is -0.0489. The molecule has 2 rings (SSSR count). The van der Waals surface area contributed by atoms with Crippen LogP contribution in [0.5, 0.6) is 0 Å². The number of ether oxygens (including phenoxy) is 1. The van der Waals surface area contributed by atoms with Gasteiger partial charge >= 0.3 is 0 Å². The zero-order chi connectivity index (χ0) is 8.06. The summed E-state index contributed by atoms with van der Waals surface area (Å²) < 4.78 is 5.79. The van der Waals surface area contributed by atoms with Crippen LogP contribution in [0.4, 0.5) is 0 Å². The van der Waals surface area contributed by atoms with E-state index in [0.717, 1.165) is 6.42 Å². The van der Waals surface area contributed by atoms with Crippen LogP contribution in [0.2, 0.25) is 0 Å². The lowest BCUT2D eigenvalue weighted by Gasteiger charge is -2.30. The standard InChI is InChI=1S/C9H15BO/c1-3-9-5-4-7(6(9)2)8(10)11-9/h6-8H,3-5H2,1-2H3/t6?,7?,8-,9-/m1/s1. The minimum atomic E-state index is 0.0266. The number of rotatable bonds is 1. The molecule has 1 aliphatic heterocycles. The molecular formula is C9H15BO. The zero-order valence-corrected chi connectivity index (χ0v) is 7.34. The van der Waals surface area contributed by atoms with Crippen LogP contribution in [-0.4, -0.2) is 19.5 Å². The molecule has 2 radical (unpaired) electrons. The SMILES string of the molecule is [B][C@@H]1O[C@]2(CC)CCC1C2C. The van der Waals surface area contributed by atoms with Crippen molar-refractivity contribution < 1.29 is 4.74 Å². The largest absolute Gasteiger partial charge is 0.381 e. The minimum Gasteiger partial charge on any atom is -0.381 e. The Morgan fingerprint density at radius 2 is 2.36 bits per heavy atom. The smallest absolute Gasteiger partial charge is 0.109 e. The molecule has 0 N–H and O–H groups in total. The third-order valence-electron chi connectivity index (χ3n) is 3.76. The Labute approximate surface area is 69.9 Å². The molecule has 1 nitrogen and oxygen atoms in total. The molecule has 2 bridgehead atoms. The first kappa shape index (κ1) is 7.66. The van der Waals surface area contributed by atoms with Crippen molar-refractivity contribution in [3.63, 3.8) is 0 Å². The molecule has 1 saturated carbocycles. The fourth-order valence-electron chi connectivity index (χ4n) is 2.83. The fourth-order valence-corrected chi connectivity index (χ4v) is 2.83. The van der Waals surface area contributed by atoms with E-state index in [9.17, 15) is 0 Å². The summed E-state index contributed by atoms with van der Waals surface area (Å²) >= 11 is 0. The molecule has 0 amide bonds. The molecule has 0 aromatic carbocycles. The van der Waals surface area contributed by atoms with Crippen molar-refractivity contribution in [2.75, 3.05) is 0 Å². The van der Waals surface area contributed by atoms with Crippen LogP contribution in [0.25, 0.3) is 0 Å². The average molecular weight is 150 g/mol. The van der Waals surface area contributed by atoms with Crippen LogP contribution in [-0.2, 0) is 4.74 Å². The molecule has 60 valence electrons. The Kier molecular flexibility index (Phi) is 1.57. The van der Waals surface area contributed by atoms with Crippen LogP contribution in [0, 0.1) is 11.8 Å². The van der Waals surface area contributed by atoms with Crippen molar-refractivity contribution >= 4 is 7.85 Å². The quantitative estimate of drug-likeness (QED) is 0.517. The maximum atomic E-state index is 5.85.